The fourth-order valence-electron chi connectivity index (χ4n) is 4.43. The van der Waals surface area contributed by atoms with Crippen LogP contribution in [0.15, 0.2) is 71.6 Å². The van der Waals surface area contributed by atoms with Crippen LogP contribution in [0.25, 0.3) is 0 Å². The number of benzene rings is 3. The van der Waals surface area contributed by atoms with Gasteiger partial charge in [0.2, 0.25) is 11.8 Å². The first kappa shape index (κ1) is 33.3. The molecule has 1 unspecified atom stereocenters. The van der Waals surface area contributed by atoms with Crippen molar-refractivity contribution in [1.82, 2.24) is 10.2 Å². The highest BCUT2D eigenvalue weighted by Crippen LogP contribution is 2.36. The molecule has 1 N–H and O–H groups in total. The van der Waals surface area contributed by atoms with E-state index in [2.05, 4.69) is 5.32 Å². The molecule has 0 aromatic heterocycles. The number of ether oxygens (including phenoxy) is 3. The fourth-order valence-corrected chi connectivity index (χ4v) is 5.85. The lowest BCUT2D eigenvalue weighted by atomic mass is 10.1. The van der Waals surface area contributed by atoms with Gasteiger partial charge in [0, 0.05) is 19.2 Å². The summed E-state index contributed by atoms with van der Waals surface area (Å²) < 4.78 is 45.5. The number of rotatable bonds is 15. The molecule has 0 bridgehead atoms. The monoisotopic (exact) mass is 611 g/mol. The zero-order chi connectivity index (χ0) is 31.6. The van der Waals surface area contributed by atoms with Crippen molar-refractivity contribution in [2.45, 2.75) is 51.1 Å². The molecule has 1 atom stereocenters. The number of hydrogen-bond donors (Lipinski definition) is 1. The van der Waals surface area contributed by atoms with Gasteiger partial charge in [-0.2, -0.15) is 0 Å². The molecule has 43 heavy (non-hydrogen) atoms. The second kappa shape index (κ2) is 15.3. The quantitative estimate of drug-likeness (QED) is 0.251. The number of hydrogen-bond acceptors (Lipinski definition) is 7. The zero-order valence-electron chi connectivity index (χ0n) is 25.6. The molecule has 3 aromatic carbocycles. The van der Waals surface area contributed by atoms with Gasteiger partial charge < -0.3 is 24.4 Å². The van der Waals surface area contributed by atoms with Crippen LogP contribution in [0.1, 0.15) is 37.8 Å². The van der Waals surface area contributed by atoms with Gasteiger partial charge in [-0.15, -0.1) is 0 Å². The van der Waals surface area contributed by atoms with E-state index in [1.807, 2.05) is 19.9 Å². The summed E-state index contributed by atoms with van der Waals surface area (Å²) in [5.74, 6) is 0.283. The van der Waals surface area contributed by atoms with Gasteiger partial charge in [-0.1, -0.05) is 43.2 Å². The minimum absolute atomic E-state index is 0.000441. The van der Waals surface area contributed by atoms with E-state index in [0.717, 1.165) is 22.7 Å². The highest BCUT2D eigenvalue weighted by Gasteiger charge is 2.34. The Kier molecular flexibility index (Phi) is 11.8. The Bertz CT molecular complexity index is 1490. The van der Waals surface area contributed by atoms with Gasteiger partial charge >= 0.3 is 0 Å². The van der Waals surface area contributed by atoms with Gasteiger partial charge in [0.1, 0.15) is 29.8 Å². The van der Waals surface area contributed by atoms with E-state index in [0.29, 0.717) is 23.6 Å². The zero-order valence-corrected chi connectivity index (χ0v) is 26.4. The summed E-state index contributed by atoms with van der Waals surface area (Å²) in [6.45, 7) is 5.42. The highest BCUT2D eigenvalue weighted by atomic mass is 32.2. The molecule has 0 aliphatic rings. The van der Waals surface area contributed by atoms with Gasteiger partial charge in [0.15, 0.2) is 0 Å². The average Bonchev–Trinajstić information content (AvgIpc) is 3.01. The number of methoxy groups -OCH3 is 3. The average molecular weight is 612 g/mol. The number of anilines is 1. The number of carbonyl (C=O) groups excluding carboxylic acids is 2. The Morgan fingerprint density at radius 1 is 0.907 bits per heavy atom. The van der Waals surface area contributed by atoms with Crippen molar-refractivity contribution < 1.29 is 32.2 Å². The van der Waals surface area contributed by atoms with Crippen molar-refractivity contribution in [1.29, 1.82) is 0 Å². The molecule has 0 aliphatic carbocycles. The van der Waals surface area contributed by atoms with Crippen molar-refractivity contribution >= 4 is 27.5 Å². The third kappa shape index (κ3) is 8.41. The van der Waals surface area contributed by atoms with Crippen molar-refractivity contribution in [3.8, 4) is 17.2 Å². The summed E-state index contributed by atoms with van der Waals surface area (Å²) in [7, 11) is 0.149. The molecule has 0 fully saturated rings. The summed E-state index contributed by atoms with van der Waals surface area (Å²) in [4.78, 5) is 28.7. The molecule has 2 amide bonds. The lowest BCUT2D eigenvalue weighted by molar-refractivity contribution is -0.139. The van der Waals surface area contributed by atoms with Crippen molar-refractivity contribution in [2.24, 2.45) is 0 Å². The minimum atomic E-state index is -4.27. The standard InChI is InChI=1S/C32H41N3O7S/c1-7-8-18-33-32(37)24(3)34(21-25-10-9-11-26(19-25)40-4)31(36)22-35(29-20-27(41-5)14-17-30(29)42-6)43(38,39)28-15-12-23(2)13-16-28/h9-17,19-20,24H,7-8,18,21-22H2,1-6H3,(H,33,37). The number of aryl methyl sites for hydroxylation is 1. The Labute approximate surface area is 254 Å². The minimum Gasteiger partial charge on any atom is -0.497 e. The molecule has 0 saturated heterocycles. The SMILES string of the molecule is CCCCNC(=O)C(C)N(Cc1cccc(OC)c1)C(=O)CN(c1cc(OC)ccc1OC)S(=O)(=O)c1ccc(C)cc1. The lowest BCUT2D eigenvalue weighted by Gasteiger charge is -2.32. The largest absolute Gasteiger partial charge is 0.497 e. The topological polar surface area (TPSA) is 114 Å². The van der Waals surface area contributed by atoms with Crippen molar-refractivity contribution in [3.05, 3.63) is 77.9 Å². The van der Waals surface area contributed by atoms with Gasteiger partial charge in [-0.3, -0.25) is 13.9 Å². The first-order chi connectivity index (χ1) is 20.5. The molecule has 0 aliphatic heterocycles. The number of carbonyl (C=O) groups is 2. The van der Waals surface area contributed by atoms with E-state index in [4.69, 9.17) is 14.2 Å². The highest BCUT2D eigenvalue weighted by molar-refractivity contribution is 7.92. The second-order valence-electron chi connectivity index (χ2n) is 10.1. The summed E-state index contributed by atoms with van der Waals surface area (Å²) in [6, 6.07) is 17.3. The number of nitrogens with zero attached hydrogens (tertiary/aromatic N) is 2. The molecule has 0 heterocycles. The summed E-state index contributed by atoms with van der Waals surface area (Å²) in [6.07, 6.45) is 1.69. The molecular weight excluding hydrogens is 570 g/mol. The van der Waals surface area contributed by atoms with Crippen molar-refractivity contribution in [2.75, 3.05) is 38.7 Å². The van der Waals surface area contributed by atoms with Crippen LogP contribution in [0.4, 0.5) is 5.69 Å². The maximum absolute atomic E-state index is 14.2. The smallest absolute Gasteiger partial charge is 0.264 e. The van der Waals surface area contributed by atoms with Gasteiger partial charge in [0.25, 0.3) is 10.0 Å². The van der Waals surface area contributed by atoms with Crippen LogP contribution in [0.3, 0.4) is 0 Å². The van der Waals surface area contributed by atoms with Crippen molar-refractivity contribution in [3.63, 3.8) is 0 Å². The second-order valence-corrected chi connectivity index (χ2v) is 11.9. The summed E-state index contributed by atoms with van der Waals surface area (Å²) in [5.41, 5.74) is 1.72. The van der Waals surface area contributed by atoms with Crippen LogP contribution < -0.4 is 23.8 Å². The van der Waals surface area contributed by atoms with Gasteiger partial charge in [-0.05, 0) is 62.2 Å². The predicted molar refractivity (Wildman–Crippen MR) is 166 cm³/mol. The lowest BCUT2D eigenvalue weighted by Crippen LogP contribution is -2.51. The normalized spacial score (nSPS) is 11.8. The van der Waals surface area contributed by atoms with E-state index in [1.165, 1.54) is 37.3 Å². The first-order valence-corrected chi connectivity index (χ1v) is 15.5. The molecule has 3 rings (SSSR count). The third-order valence-corrected chi connectivity index (χ3v) is 8.80. The van der Waals surface area contributed by atoms with Crippen LogP contribution in [-0.4, -0.2) is 65.6 Å². The Morgan fingerprint density at radius 2 is 1.58 bits per heavy atom. The van der Waals surface area contributed by atoms with E-state index in [9.17, 15) is 18.0 Å². The number of sulfonamides is 1. The number of unbranched alkanes of at least 4 members (excludes halogenated alkanes) is 1. The molecule has 0 spiro atoms. The van der Waals surface area contributed by atoms with E-state index < -0.39 is 28.5 Å². The molecule has 0 saturated carbocycles. The fraction of sp³-hybridized carbons (Fsp3) is 0.375. The number of amides is 2. The third-order valence-electron chi connectivity index (χ3n) is 7.03. The summed E-state index contributed by atoms with van der Waals surface area (Å²) in [5, 5.41) is 2.88. The number of nitrogens with one attached hydrogen (secondary N) is 1. The molecule has 0 radical (unpaired) electrons. The van der Waals surface area contributed by atoms with Crippen LogP contribution in [-0.2, 0) is 26.2 Å². The maximum atomic E-state index is 14.2. The van der Waals surface area contributed by atoms with Crippen LogP contribution in [0.2, 0.25) is 0 Å². The predicted octanol–water partition coefficient (Wildman–Crippen LogP) is 4.55. The van der Waals surface area contributed by atoms with E-state index in [1.54, 1.807) is 56.5 Å². The molecular formula is C32H41N3O7S. The molecule has 11 heteroatoms. The van der Waals surface area contributed by atoms with Gasteiger partial charge in [-0.25, -0.2) is 8.42 Å². The maximum Gasteiger partial charge on any atom is 0.264 e. The molecule has 232 valence electrons. The summed E-state index contributed by atoms with van der Waals surface area (Å²) >= 11 is 0. The van der Waals surface area contributed by atoms with E-state index >= 15 is 0 Å². The Hall–Kier alpha value is -4.25. The first-order valence-electron chi connectivity index (χ1n) is 14.1. The Balaban J connectivity index is 2.10. The Morgan fingerprint density at radius 3 is 2.21 bits per heavy atom. The van der Waals surface area contributed by atoms with Gasteiger partial charge in [0.05, 0.1) is 31.9 Å². The van der Waals surface area contributed by atoms with E-state index in [-0.39, 0.29) is 28.8 Å². The molecule has 3 aromatic rings. The van der Waals surface area contributed by atoms with Crippen LogP contribution in [0.5, 0.6) is 17.2 Å². The van der Waals surface area contributed by atoms with Crippen LogP contribution in [0, 0.1) is 6.92 Å². The molecule has 10 nitrogen and oxygen atoms in total. The van der Waals surface area contributed by atoms with Crippen LogP contribution >= 0.6 is 0 Å².